The molecule has 2 aromatic carbocycles. The van der Waals surface area contributed by atoms with Gasteiger partial charge in [0.2, 0.25) is 0 Å². The van der Waals surface area contributed by atoms with Crippen LogP contribution in [-0.2, 0) is 6.54 Å². The van der Waals surface area contributed by atoms with Gasteiger partial charge in [-0.3, -0.25) is 0 Å². The molecule has 0 aliphatic rings. The Labute approximate surface area is 126 Å². The predicted octanol–water partition coefficient (Wildman–Crippen LogP) is 4.53. The molecule has 0 fully saturated rings. The minimum absolute atomic E-state index is 0.809. The zero-order valence-electron chi connectivity index (χ0n) is 12.3. The Balaban J connectivity index is 2.25. The molecule has 0 spiro atoms. The van der Waals surface area contributed by atoms with Crippen LogP contribution in [-0.4, -0.2) is 13.6 Å². The molecule has 0 heterocycles. The summed E-state index contributed by atoms with van der Waals surface area (Å²) in [6.45, 7) is 5.96. The number of aryl methyl sites for hydroxylation is 1. The number of halogens is 1. The number of rotatable bonds is 5. The molecule has 0 unspecified atom stereocenters. The van der Waals surface area contributed by atoms with Gasteiger partial charge in [-0.2, -0.15) is 0 Å². The van der Waals surface area contributed by atoms with Crippen LogP contribution < -0.4 is 10.2 Å². The molecule has 20 heavy (non-hydrogen) atoms. The van der Waals surface area contributed by atoms with Crippen molar-refractivity contribution in [3.63, 3.8) is 0 Å². The maximum absolute atomic E-state index is 6.37. The second-order valence-corrected chi connectivity index (χ2v) is 5.31. The monoisotopic (exact) mass is 288 g/mol. The lowest BCUT2D eigenvalue weighted by Gasteiger charge is -2.22. The highest BCUT2D eigenvalue weighted by Gasteiger charge is 2.08. The van der Waals surface area contributed by atoms with Crippen molar-refractivity contribution >= 4 is 23.0 Å². The molecule has 2 aromatic rings. The minimum atomic E-state index is 0.809. The van der Waals surface area contributed by atoms with Crippen LogP contribution in [0.25, 0.3) is 0 Å². The van der Waals surface area contributed by atoms with E-state index < -0.39 is 0 Å². The highest BCUT2D eigenvalue weighted by atomic mass is 35.5. The van der Waals surface area contributed by atoms with Gasteiger partial charge in [0, 0.05) is 30.0 Å². The van der Waals surface area contributed by atoms with Crippen LogP contribution in [0.1, 0.15) is 18.1 Å². The first-order valence-corrected chi connectivity index (χ1v) is 7.29. The fraction of sp³-hybridized carbons (Fsp3) is 0.294. The van der Waals surface area contributed by atoms with Crippen LogP contribution in [0.4, 0.5) is 11.4 Å². The predicted molar refractivity (Wildman–Crippen MR) is 88.1 cm³/mol. The summed E-state index contributed by atoms with van der Waals surface area (Å²) in [5, 5.41) is 4.11. The van der Waals surface area contributed by atoms with Crippen LogP contribution in [0.5, 0.6) is 0 Å². The minimum Gasteiger partial charge on any atom is -0.344 e. The number of benzene rings is 2. The van der Waals surface area contributed by atoms with Gasteiger partial charge in [0.05, 0.1) is 0 Å². The summed E-state index contributed by atoms with van der Waals surface area (Å²) in [4.78, 5) is 2.16. The van der Waals surface area contributed by atoms with Crippen molar-refractivity contribution in [3.8, 4) is 0 Å². The van der Waals surface area contributed by atoms with E-state index >= 15 is 0 Å². The number of anilines is 2. The zero-order valence-corrected chi connectivity index (χ0v) is 13.0. The third-order valence-corrected chi connectivity index (χ3v) is 3.82. The first-order valence-electron chi connectivity index (χ1n) is 6.92. The SMILES string of the molecule is CCNCc1ccc(N(C)c2ccccc2C)cc1Cl. The molecule has 2 rings (SSSR count). The number of nitrogens with zero attached hydrogens (tertiary/aromatic N) is 1. The Bertz CT molecular complexity index is 581. The smallest absolute Gasteiger partial charge is 0.0471 e. The van der Waals surface area contributed by atoms with Crippen LogP contribution in [0.2, 0.25) is 5.02 Å². The molecule has 0 bridgehead atoms. The van der Waals surface area contributed by atoms with Crippen molar-refractivity contribution in [3.05, 3.63) is 58.6 Å². The number of hydrogen-bond acceptors (Lipinski definition) is 2. The van der Waals surface area contributed by atoms with Gasteiger partial charge in [0.25, 0.3) is 0 Å². The fourth-order valence-corrected chi connectivity index (χ4v) is 2.47. The van der Waals surface area contributed by atoms with E-state index in [4.69, 9.17) is 11.6 Å². The molecule has 106 valence electrons. The lowest BCUT2D eigenvalue weighted by molar-refractivity contribution is 0.727. The van der Waals surface area contributed by atoms with Crippen molar-refractivity contribution in [1.82, 2.24) is 5.32 Å². The van der Waals surface area contributed by atoms with E-state index in [1.165, 1.54) is 11.3 Å². The molecule has 0 atom stereocenters. The molecule has 3 heteroatoms. The highest BCUT2D eigenvalue weighted by molar-refractivity contribution is 6.31. The first kappa shape index (κ1) is 14.9. The topological polar surface area (TPSA) is 15.3 Å². The molecular weight excluding hydrogens is 268 g/mol. The van der Waals surface area contributed by atoms with Gasteiger partial charge in [-0.25, -0.2) is 0 Å². The molecule has 0 saturated heterocycles. The van der Waals surface area contributed by atoms with E-state index in [1.807, 2.05) is 6.07 Å². The average molecular weight is 289 g/mol. The number of para-hydroxylation sites is 1. The fourth-order valence-electron chi connectivity index (χ4n) is 2.23. The van der Waals surface area contributed by atoms with Gasteiger partial charge < -0.3 is 10.2 Å². The van der Waals surface area contributed by atoms with Crippen molar-refractivity contribution in [1.29, 1.82) is 0 Å². The maximum Gasteiger partial charge on any atom is 0.0471 e. The summed E-state index contributed by atoms with van der Waals surface area (Å²) >= 11 is 6.37. The van der Waals surface area contributed by atoms with Crippen molar-refractivity contribution in [2.24, 2.45) is 0 Å². The molecule has 1 N–H and O–H groups in total. The summed E-state index contributed by atoms with van der Waals surface area (Å²) < 4.78 is 0. The number of hydrogen-bond donors (Lipinski definition) is 1. The molecule has 0 aromatic heterocycles. The van der Waals surface area contributed by atoms with Gasteiger partial charge in [-0.05, 0) is 42.8 Å². The summed E-state index contributed by atoms with van der Waals surface area (Å²) in [5.41, 5.74) is 4.69. The van der Waals surface area contributed by atoms with Crippen molar-refractivity contribution in [2.45, 2.75) is 20.4 Å². The average Bonchev–Trinajstić information content (AvgIpc) is 2.46. The summed E-state index contributed by atoms with van der Waals surface area (Å²) in [6, 6.07) is 14.6. The molecule has 0 radical (unpaired) electrons. The van der Waals surface area contributed by atoms with Crippen LogP contribution >= 0.6 is 11.6 Å². The first-order chi connectivity index (χ1) is 9.63. The lowest BCUT2D eigenvalue weighted by atomic mass is 10.1. The Kier molecular flexibility index (Phi) is 5.05. The zero-order chi connectivity index (χ0) is 14.5. The number of nitrogens with one attached hydrogen (secondary N) is 1. The summed E-state index contributed by atoms with van der Waals surface area (Å²) in [7, 11) is 2.07. The molecule has 0 aliphatic heterocycles. The van der Waals surface area contributed by atoms with Gasteiger partial charge in [0.1, 0.15) is 0 Å². The second kappa shape index (κ2) is 6.78. The molecule has 2 nitrogen and oxygen atoms in total. The molecule has 0 amide bonds. The van der Waals surface area contributed by atoms with E-state index in [0.717, 1.165) is 29.4 Å². The standard InChI is InChI=1S/C17H21ClN2/c1-4-19-12-14-9-10-15(11-16(14)18)20(3)17-8-6-5-7-13(17)2/h5-11,19H,4,12H2,1-3H3. The van der Waals surface area contributed by atoms with Crippen LogP contribution in [0.15, 0.2) is 42.5 Å². The van der Waals surface area contributed by atoms with Gasteiger partial charge in [-0.1, -0.05) is 42.8 Å². The highest BCUT2D eigenvalue weighted by Crippen LogP contribution is 2.29. The lowest BCUT2D eigenvalue weighted by Crippen LogP contribution is -2.13. The van der Waals surface area contributed by atoms with Gasteiger partial charge >= 0.3 is 0 Å². The maximum atomic E-state index is 6.37. The Morgan fingerprint density at radius 1 is 1.15 bits per heavy atom. The Morgan fingerprint density at radius 2 is 1.90 bits per heavy atom. The molecule has 0 saturated carbocycles. The summed E-state index contributed by atoms with van der Waals surface area (Å²) in [5.74, 6) is 0. The van der Waals surface area contributed by atoms with Crippen LogP contribution in [0, 0.1) is 6.92 Å². The quantitative estimate of drug-likeness (QED) is 0.870. The molecule has 0 aliphatic carbocycles. The van der Waals surface area contributed by atoms with Gasteiger partial charge in [-0.15, -0.1) is 0 Å². The third-order valence-electron chi connectivity index (χ3n) is 3.47. The molecular formula is C17H21ClN2. The van der Waals surface area contributed by atoms with Crippen molar-refractivity contribution < 1.29 is 0 Å². The van der Waals surface area contributed by atoms with E-state index in [-0.39, 0.29) is 0 Å². The van der Waals surface area contributed by atoms with Crippen LogP contribution in [0.3, 0.4) is 0 Å². The Hall–Kier alpha value is -1.51. The van der Waals surface area contributed by atoms with E-state index in [1.54, 1.807) is 0 Å². The Morgan fingerprint density at radius 3 is 2.55 bits per heavy atom. The third kappa shape index (κ3) is 3.33. The van der Waals surface area contributed by atoms with Crippen molar-refractivity contribution in [2.75, 3.05) is 18.5 Å². The van der Waals surface area contributed by atoms with Gasteiger partial charge in [0.15, 0.2) is 0 Å². The summed E-state index contributed by atoms with van der Waals surface area (Å²) in [6.07, 6.45) is 0. The second-order valence-electron chi connectivity index (χ2n) is 4.90. The normalized spacial score (nSPS) is 10.6. The van der Waals surface area contributed by atoms with E-state index in [2.05, 4.69) is 67.5 Å². The van der Waals surface area contributed by atoms with E-state index in [0.29, 0.717) is 0 Å². The van der Waals surface area contributed by atoms with E-state index in [9.17, 15) is 0 Å². The largest absolute Gasteiger partial charge is 0.344 e.